The number of hydrazone groups is 1. The van der Waals surface area contributed by atoms with Crippen LogP contribution in [0.25, 0.3) is 0 Å². The number of halogens is 3. The molecule has 3 aromatic rings. The summed E-state index contributed by atoms with van der Waals surface area (Å²) >= 11 is 0. The molecule has 0 atom stereocenters. The Morgan fingerprint density at radius 3 is 2.31 bits per heavy atom. The van der Waals surface area contributed by atoms with E-state index in [1.807, 2.05) is 42.5 Å². The summed E-state index contributed by atoms with van der Waals surface area (Å²) in [6, 6.07) is 20.4. The fourth-order valence-corrected chi connectivity index (χ4v) is 2.76. The third-order valence-electron chi connectivity index (χ3n) is 4.34. The van der Waals surface area contributed by atoms with Gasteiger partial charge in [-0.05, 0) is 42.3 Å². The maximum Gasteiger partial charge on any atom is 0.417 e. The number of rotatable bonds is 7. The van der Waals surface area contributed by atoms with Crippen LogP contribution in [0.4, 0.5) is 24.7 Å². The molecule has 0 fully saturated rings. The molecule has 0 aliphatic heterocycles. The molecular weight excluding hydrogens is 377 g/mol. The van der Waals surface area contributed by atoms with Crippen LogP contribution in [0, 0.1) is 0 Å². The minimum Gasteiger partial charge on any atom is -0.367 e. The molecule has 0 radical (unpaired) electrons. The maximum atomic E-state index is 12.5. The van der Waals surface area contributed by atoms with Gasteiger partial charge in [-0.1, -0.05) is 42.5 Å². The van der Waals surface area contributed by atoms with Gasteiger partial charge in [0.05, 0.1) is 11.8 Å². The molecule has 0 amide bonds. The maximum absolute atomic E-state index is 12.5. The highest BCUT2D eigenvalue weighted by molar-refractivity contribution is 5.80. The topological polar surface area (TPSA) is 40.5 Å². The van der Waals surface area contributed by atoms with Gasteiger partial charge in [0, 0.05) is 25.0 Å². The van der Waals surface area contributed by atoms with Gasteiger partial charge in [-0.2, -0.15) is 18.3 Å². The lowest BCUT2D eigenvalue weighted by Crippen LogP contribution is -2.21. The van der Waals surface area contributed by atoms with E-state index in [-0.39, 0.29) is 5.82 Å². The molecule has 0 saturated carbocycles. The smallest absolute Gasteiger partial charge is 0.367 e. The number of nitrogens with zero attached hydrogens (tertiary/aromatic N) is 3. The monoisotopic (exact) mass is 398 g/mol. The second-order valence-electron chi connectivity index (χ2n) is 6.39. The molecule has 1 aromatic heterocycles. The number of benzene rings is 2. The zero-order chi connectivity index (χ0) is 20.7. The number of nitrogens with one attached hydrogen (secondary N) is 1. The fraction of sp³-hybridized carbons (Fsp3) is 0.182. The Kier molecular flexibility index (Phi) is 6.49. The summed E-state index contributed by atoms with van der Waals surface area (Å²) in [6.07, 6.45) is -2.03. The Labute approximate surface area is 167 Å². The minimum absolute atomic E-state index is 0.242. The molecule has 0 unspecified atom stereocenters. The second-order valence-corrected chi connectivity index (χ2v) is 6.39. The van der Waals surface area contributed by atoms with Crippen LogP contribution in [0.1, 0.15) is 23.6 Å². The van der Waals surface area contributed by atoms with Crippen LogP contribution in [0.3, 0.4) is 0 Å². The lowest BCUT2D eigenvalue weighted by Gasteiger charge is -2.23. The van der Waals surface area contributed by atoms with Crippen molar-refractivity contribution in [3.8, 4) is 0 Å². The third-order valence-corrected chi connectivity index (χ3v) is 4.34. The van der Waals surface area contributed by atoms with Crippen LogP contribution in [0.2, 0.25) is 0 Å². The van der Waals surface area contributed by atoms with Gasteiger partial charge in [0.15, 0.2) is 0 Å². The van der Waals surface area contributed by atoms with Crippen LogP contribution in [-0.4, -0.2) is 17.7 Å². The molecule has 0 spiro atoms. The highest BCUT2D eigenvalue weighted by Gasteiger charge is 2.30. The van der Waals surface area contributed by atoms with Gasteiger partial charge in [-0.3, -0.25) is 5.43 Å². The van der Waals surface area contributed by atoms with Gasteiger partial charge < -0.3 is 4.90 Å². The van der Waals surface area contributed by atoms with Gasteiger partial charge >= 0.3 is 6.18 Å². The molecule has 2 aromatic carbocycles. The Morgan fingerprint density at radius 1 is 1.00 bits per heavy atom. The van der Waals surface area contributed by atoms with Crippen LogP contribution >= 0.6 is 0 Å². The average molecular weight is 398 g/mol. The predicted octanol–water partition coefficient (Wildman–Crippen LogP) is 5.57. The summed E-state index contributed by atoms with van der Waals surface area (Å²) < 4.78 is 37.6. The average Bonchev–Trinajstić information content (AvgIpc) is 2.73. The van der Waals surface area contributed by atoms with Crippen molar-refractivity contribution < 1.29 is 13.2 Å². The van der Waals surface area contributed by atoms with E-state index in [0.717, 1.165) is 36.6 Å². The van der Waals surface area contributed by atoms with E-state index in [2.05, 4.69) is 39.5 Å². The van der Waals surface area contributed by atoms with E-state index in [4.69, 9.17) is 0 Å². The zero-order valence-electron chi connectivity index (χ0n) is 15.9. The van der Waals surface area contributed by atoms with Crippen molar-refractivity contribution in [2.75, 3.05) is 16.9 Å². The normalized spacial score (nSPS) is 11.6. The van der Waals surface area contributed by atoms with E-state index in [1.165, 1.54) is 11.6 Å². The van der Waals surface area contributed by atoms with Crippen LogP contribution in [0.15, 0.2) is 78.0 Å². The largest absolute Gasteiger partial charge is 0.417 e. The number of pyridine rings is 1. The molecule has 4 nitrogen and oxygen atoms in total. The molecule has 29 heavy (non-hydrogen) atoms. The number of anilines is 2. The molecule has 1 heterocycles. The van der Waals surface area contributed by atoms with E-state index in [1.54, 1.807) is 6.21 Å². The van der Waals surface area contributed by atoms with Gasteiger partial charge in [-0.15, -0.1) is 0 Å². The molecule has 0 bridgehead atoms. The molecular formula is C22H21F3N4. The first-order valence-electron chi connectivity index (χ1n) is 9.17. The van der Waals surface area contributed by atoms with Crippen molar-refractivity contribution in [2.45, 2.75) is 19.6 Å². The summed E-state index contributed by atoms with van der Waals surface area (Å²) in [7, 11) is 0. The first kappa shape index (κ1) is 20.4. The Morgan fingerprint density at radius 2 is 1.72 bits per heavy atom. The SMILES string of the molecule is CCN(Cc1ccccc1)c1ccc(/C=N\Nc2ccc(C(F)(F)F)cn2)cc1. The third kappa shape index (κ3) is 5.81. The highest BCUT2D eigenvalue weighted by Crippen LogP contribution is 2.28. The second kappa shape index (κ2) is 9.23. The molecule has 7 heteroatoms. The molecule has 0 aliphatic carbocycles. The van der Waals surface area contributed by atoms with E-state index in [9.17, 15) is 13.2 Å². The highest BCUT2D eigenvalue weighted by atomic mass is 19.4. The Hall–Kier alpha value is -3.35. The summed E-state index contributed by atoms with van der Waals surface area (Å²) in [5, 5.41) is 4.03. The first-order valence-corrected chi connectivity index (χ1v) is 9.17. The van der Waals surface area contributed by atoms with E-state index < -0.39 is 11.7 Å². The Balaban J connectivity index is 1.59. The fourth-order valence-electron chi connectivity index (χ4n) is 2.76. The number of aromatic nitrogens is 1. The molecule has 3 rings (SSSR count). The lowest BCUT2D eigenvalue weighted by atomic mass is 10.1. The van der Waals surface area contributed by atoms with Gasteiger partial charge in [0.25, 0.3) is 0 Å². The van der Waals surface area contributed by atoms with Crippen molar-refractivity contribution in [3.05, 3.63) is 89.6 Å². The van der Waals surface area contributed by atoms with Crippen molar-refractivity contribution in [1.82, 2.24) is 4.98 Å². The number of alkyl halides is 3. The van der Waals surface area contributed by atoms with Crippen molar-refractivity contribution in [3.63, 3.8) is 0 Å². The lowest BCUT2D eigenvalue weighted by molar-refractivity contribution is -0.137. The first-order chi connectivity index (χ1) is 14.0. The van der Waals surface area contributed by atoms with Gasteiger partial charge in [0.1, 0.15) is 5.82 Å². The van der Waals surface area contributed by atoms with Crippen LogP contribution in [-0.2, 0) is 12.7 Å². The summed E-state index contributed by atoms with van der Waals surface area (Å²) in [6.45, 7) is 3.81. The number of hydrogen-bond donors (Lipinski definition) is 1. The number of hydrogen-bond acceptors (Lipinski definition) is 4. The molecule has 1 N–H and O–H groups in total. The molecule has 150 valence electrons. The van der Waals surface area contributed by atoms with Gasteiger partial charge in [0.2, 0.25) is 0 Å². The predicted molar refractivity (Wildman–Crippen MR) is 110 cm³/mol. The minimum atomic E-state index is -4.40. The van der Waals surface area contributed by atoms with Crippen LogP contribution in [0.5, 0.6) is 0 Å². The van der Waals surface area contributed by atoms with Crippen molar-refractivity contribution in [1.29, 1.82) is 0 Å². The van der Waals surface area contributed by atoms with Crippen molar-refractivity contribution in [2.24, 2.45) is 5.10 Å². The quantitative estimate of drug-likeness (QED) is 0.418. The Bertz CT molecular complexity index is 921. The standard InChI is InChI=1S/C22H21F3N4/c1-2-29(16-18-6-4-3-5-7-18)20-11-8-17(9-12-20)14-27-28-21-13-10-19(15-26-21)22(23,24)25/h3-15H,2,16H2,1H3,(H,26,28)/b27-14-. The zero-order valence-corrected chi connectivity index (χ0v) is 15.9. The van der Waals surface area contributed by atoms with Crippen LogP contribution < -0.4 is 10.3 Å². The summed E-state index contributed by atoms with van der Waals surface area (Å²) in [5.41, 5.74) is 5.05. The van der Waals surface area contributed by atoms with Gasteiger partial charge in [-0.25, -0.2) is 4.98 Å². The molecule has 0 aliphatic rings. The van der Waals surface area contributed by atoms with E-state index >= 15 is 0 Å². The summed E-state index contributed by atoms with van der Waals surface area (Å²) in [5.74, 6) is 0.242. The van der Waals surface area contributed by atoms with E-state index in [0.29, 0.717) is 0 Å². The van der Waals surface area contributed by atoms with Crippen molar-refractivity contribution >= 4 is 17.7 Å². The molecule has 0 saturated heterocycles. The summed E-state index contributed by atoms with van der Waals surface area (Å²) in [4.78, 5) is 5.98.